The maximum absolute atomic E-state index is 12.6. The van der Waals surface area contributed by atoms with E-state index in [0.29, 0.717) is 38.2 Å². The Hall–Kier alpha value is -2.63. The average molecular weight is 340 g/mol. The van der Waals surface area contributed by atoms with Crippen LogP contribution in [0.4, 0.5) is 0 Å². The van der Waals surface area contributed by atoms with E-state index in [4.69, 9.17) is 0 Å². The number of carbonyl (C=O) groups is 2. The van der Waals surface area contributed by atoms with Crippen molar-refractivity contribution in [3.8, 4) is 0 Å². The SMILES string of the molecule is Cc1nn(C)c(C)c1CC(=O)N1CCN(C(=O)c2ccccc2)CC1. The summed E-state index contributed by atoms with van der Waals surface area (Å²) in [6.45, 7) is 6.23. The summed E-state index contributed by atoms with van der Waals surface area (Å²) in [7, 11) is 1.89. The van der Waals surface area contributed by atoms with Crippen molar-refractivity contribution < 1.29 is 9.59 Å². The predicted octanol–water partition coefficient (Wildman–Crippen LogP) is 1.56. The summed E-state index contributed by atoms with van der Waals surface area (Å²) in [5.74, 6) is 0.137. The van der Waals surface area contributed by atoms with Gasteiger partial charge in [0.1, 0.15) is 0 Å². The highest BCUT2D eigenvalue weighted by Gasteiger charge is 2.25. The van der Waals surface area contributed by atoms with Crippen molar-refractivity contribution in [1.82, 2.24) is 19.6 Å². The second-order valence-corrected chi connectivity index (χ2v) is 6.49. The maximum atomic E-state index is 12.6. The topological polar surface area (TPSA) is 58.4 Å². The smallest absolute Gasteiger partial charge is 0.253 e. The highest BCUT2D eigenvalue weighted by atomic mass is 16.2. The van der Waals surface area contributed by atoms with Gasteiger partial charge in [0.05, 0.1) is 12.1 Å². The minimum absolute atomic E-state index is 0.0339. The number of hydrogen-bond acceptors (Lipinski definition) is 3. The van der Waals surface area contributed by atoms with Crippen molar-refractivity contribution in [3.63, 3.8) is 0 Å². The minimum Gasteiger partial charge on any atom is -0.339 e. The Morgan fingerprint density at radius 2 is 1.60 bits per heavy atom. The Kier molecular flexibility index (Phi) is 4.88. The van der Waals surface area contributed by atoms with E-state index in [0.717, 1.165) is 17.0 Å². The molecule has 0 spiro atoms. The van der Waals surface area contributed by atoms with E-state index in [1.807, 2.05) is 65.7 Å². The van der Waals surface area contributed by atoms with Crippen molar-refractivity contribution in [1.29, 1.82) is 0 Å². The van der Waals surface area contributed by atoms with Gasteiger partial charge in [-0.05, 0) is 26.0 Å². The van der Waals surface area contributed by atoms with Crippen LogP contribution in [-0.4, -0.2) is 57.6 Å². The van der Waals surface area contributed by atoms with Crippen molar-refractivity contribution >= 4 is 11.8 Å². The quantitative estimate of drug-likeness (QED) is 0.852. The zero-order chi connectivity index (χ0) is 18.0. The van der Waals surface area contributed by atoms with Crippen LogP contribution in [0.2, 0.25) is 0 Å². The standard InChI is InChI=1S/C19H24N4O2/c1-14-17(15(2)21(3)20-14)13-18(24)22-9-11-23(12-10-22)19(25)16-7-5-4-6-8-16/h4-8H,9-13H2,1-3H3. The van der Waals surface area contributed by atoms with Crippen LogP contribution < -0.4 is 0 Å². The molecule has 2 heterocycles. The van der Waals surface area contributed by atoms with Crippen molar-refractivity contribution in [2.24, 2.45) is 7.05 Å². The first-order valence-corrected chi connectivity index (χ1v) is 8.58. The second-order valence-electron chi connectivity index (χ2n) is 6.49. The van der Waals surface area contributed by atoms with Gasteiger partial charge < -0.3 is 9.80 Å². The molecule has 1 saturated heterocycles. The molecule has 0 N–H and O–H groups in total. The number of carbonyl (C=O) groups excluding carboxylic acids is 2. The van der Waals surface area contributed by atoms with E-state index in [9.17, 15) is 9.59 Å². The lowest BCUT2D eigenvalue weighted by atomic mass is 10.1. The summed E-state index contributed by atoms with van der Waals surface area (Å²) < 4.78 is 1.81. The zero-order valence-corrected chi connectivity index (χ0v) is 15.0. The molecular formula is C19H24N4O2. The molecule has 0 bridgehead atoms. The first-order valence-electron chi connectivity index (χ1n) is 8.58. The summed E-state index contributed by atoms with van der Waals surface area (Å²) in [6, 6.07) is 9.29. The summed E-state index contributed by atoms with van der Waals surface area (Å²) >= 11 is 0. The van der Waals surface area contributed by atoms with Gasteiger partial charge in [-0.15, -0.1) is 0 Å². The summed E-state index contributed by atoms with van der Waals surface area (Å²) in [4.78, 5) is 28.8. The van der Waals surface area contributed by atoms with Crippen molar-refractivity contribution in [3.05, 3.63) is 52.8 Å². The summed E-state index contributed by atoms with van der Waals surface area (Å²) in [6.07, 6.45) is 0.373. The van der Waals surface area contributed by atoms with Crippen LogP contribution in [0.15, 0.2) is 30.3 Å². The Bertz CT molecular complexity index is 774. The molecule has 1 aliphatic heterocycles. The first kappa shape index (κ1) is 17.2. The van der Waals surface area contributed by atoms with Gasteiger partial charge in [0.15, 0.2) is 0 Å². The Labute approximate surface area is 148 Å². The molecule has 25 heavy (non-hydrogen) atoms. The molecule has 1 aromatic carbocycles. The number of amides is 2. The van der Waals surface area contributed by atoms with Gasteiger partial charge in [0.25, 0.3) is 5.91 Å². The molecule has 2 amide bonds. The third kappa shape index (κ3) is 3.57. The van der Waals surface area contributed by atoms with E-state index >= 15 is 0 Å². The number of nitrogens with zero attached hydrogens (tertiary/aromatic N) is 4. The van der Waals surface area contributed by atoms with Gasteiger partial charge in [-0.2, -0.15) is 5.10 Å². The molecule has 132 valence electrons. The third-order valence-corrected chi connectivity index (χ3v) is 4.93. The molecule has 1 aromatic heterocycles. The number of rotatable bonds is 3. The molecule has 0 atom stereocenters. The Balaban J connectivity index is 1.58. The van der Waals surface area contributed by atoms with Crippen LogP contribution >= 0.6 is 0 Å². The van der Waals surface area contributed by atoms with Gasteiger partial charge in [-0.25, -0.2) is 0 Å². The van der Waals surface area contributed by atoms with E-state index in [1.165, 1.54) is 0 Å². The number of hydrogen-bond donors (Lipinski definition) is 0. The molecule has 0 saturated carbocycles. The van der Waals surface area contributed by atoms with Gasteiger partial charge in [-0.1, -0.05) is 18.2 Å². The number of piperazine rings is 1. The number of aromatic nitrogens is 2. The Morgan fingerprint density at radius 1 is 1.00 bits per heavy atom. The molecule has 6 heteroatoms. The van der Waals surface area contributed by atoms with Crippen LogP contribution in [-0.2, 0) is 18.3 Å². The van der Waals surface area contributed by atoms with Crippen molar-refractivity contribution in [2.45, 2.75) is 20.3 Å². The molecule has 0 radical (unpaired) electrons. The highest BCUT2D eigenvalue weighted by Crippen LogP contribution is 2.15. The lowest BCUT2D eigenvalue weighted by Crippen LogP contribution is -2.51. The van der Waals surface area contributed by atoms with E-state index in [-0.39, 0.29) is 11.8 Å². The van der Waals surface area contributed by atoms with E-state index in [1.54, 1.807) is 0 Å². The first-order chi connectivity index (χ1) is 12.0. The molecular weight excluding hydrogens is 316 g/mol. The maximum Gasteiger partial charge on any atom is 0.253 e. The fraction of sp³-hybridized carbons (Fsp3) is 0.421. The summed E-state index contributed by atoms with van der Waals surface area (Å²) in [5.41, 5.74) is 3.65. The van der Waals surface area contributed by atoms with Crippen LogP contribution in [0.3, 0.4) is 0 Å². The zero-order valence-electron chi connectivity index (χ0n) is 15.0. The monoisotopic (exact) mass is 340 g/mol. The van der Waals surface area contributed by atoms with Gasteiger partial charge in [0.2, 0.25) is 5.91 Å². The molecule has 1 fully saturated rings. The van der Waals surface area contributed by atoms with Gasteiger partial charge in [-0.3, -0.25) is 14.3 Å². The average Bonchev–Trinajstić information content (AvgIpc) is 2.88. The fourth-order valence-corrected chi connectivity index (χ4v) is 3.26. The largest absolute Gasteiger partial charge is 0.339 e. The molecule has 6 nitrogen and oxygen atoms in total. The van der Waals surface area contributed by atoms with Gasteiger partial charge in [0, 0.05) is 50.0 Å². The lowest BCUT2D eigenvalue weighted by molar-refractivity contribution is -0.131. The van der Waals surface area contributed by atoms with Crippen LogP contribution in [0, 0.1) is 13.8 Å². The number of aryl methyl sites for hydroxylation is 2. The van der Waals surface area contributed by atoms with Crippen LogP contribution in [0.5, 0.6) is 0 Å². The molecule has 2 aromatic rings. The molecule has 0 unspecified atom stereocenters. The second kappa shape index (κ2) is 7.09. The fourth-order valence-electron chi connectivity index (χ4n) is 3.26. The Morgan fingerprint density at radius 3 is 2.16 bits per heavy atom. The molecule has 1 aliphatic rings. The molecule has 0 aliphatic carbocycles. The number of benzene rings is 1. The normalized spacial score (nSPS) is 14.7. The lowest BCUT2D eigenvalue weighted by Gasteiger charge is -2.35. The third-order valence-electron chi connectivity index (χ3n) is 4.93. The van der Waals surface area contributed by atoms with Gasteiger partial charge >= 0.3 is 0 Å². The van der Waals surface area contributed by atoms with Crippen LogP contribution in [0.25, 0.3) is 0 Å². The van der Waals surface area contributed by atoms with Crippen molar-refractivity contribution in [2.75, 3.05) is 26.2 Å². The van der Waals surface area contributed by atoms with E-state index in [2.05, 4.69) is 5.10 Å². The van der Waals surface area contributed by atoms with E-state index < -0.39 is 0 Å². The molecule has 3 rings (SSSR count). The van der Waals surface area contributed by atoms with Crippen LogP contribution in [0.1, 0.15) is 27.3 Å². The summed E-state index contributed by atoms with van der Waals surface area (Å²) in [5, 5.41) is 4.37. The minimum atomic E-state index is 0.0339. The highest BCUT2D eigenvalue weighted by molar-refractivity contribution is 5.94. The predicted molar refractivity (Wildman–Crippen MR) is 95.3 cm³/mol.